The summed E-state index contributed by atoms with van der Waals surface area (Å²) in [6.45, 7) is 2.57. The molecule has 3 rings (SSSR count). The molecule has 0 unspecified atom stereocenters. The van der Waals surface area contributed by atoms with E-state index >= 15 is 0 Å². The maximum Gasteiger partial charge on any atom is 0.315 e. The zero-order valence-electron chi connectivity index (χ0n) is 18.0. The van der Waals surface area contributed by atoms with Crippen molar-refractivity contribution in [1.82, 2.24) is 19.8 Å². The van der Waals surface area contributed by atoms with Crippen LogP contribution >= 0.6 is 0 Å². The van der Waals surface area contributed by atoms with E-state index < -0.39 is 10.0 Å². The quantitative estimate of drug-likeness (QED) is 0.677. The van der Waals surface area contributed by atoms with Crippen molar-refractivity contribution in [1.29, 1.82) is 0 Å². The molecule has 168 valence electrons. The van der Waals surface area contributed by atoms with Crippen molar-refractivity contribution in [3.8, 4) is 0 Å². The van der Waals surface area contributed by atoms with Gasteiger partial charge in [0, 0.05) is 31.7 Å². The van der Waals surface area contributed by atoms with E-state index in [9.17, 15) is 13.2 Å². The van der Waals surface area contributed by atoms with Gasteiger partial charge in [0.05, 0.1) is 18.1 Å². The highest BCUT2D eigenvalue weighted by Crippen LogP contribution is 2.31. The van der Waals surface area contributed by atoms with Gasteiger partial charge in [0.25, 0.3) is 0 Å². The number of amides is 2. The molecule has 2 amide bonds. The minimum absolute atomic E-state index is 0.0328. The van der Waals surface area contributed by atoms with Gasteiger partial charge in [-0.3, -0.25) is 0 Å². The van der Waals surface area contributed by atoms with Crippen LogP contribution < -0.4 is 10.6 Å². The highest BCUT2D eigenvalue weighted by atomic mass is 32.2. The van der Waals surface area contributed by atoms with Gasteiger partial charge >= 0.3 is 6.03 Å². The van der Waals surface area contributed by atoms with Crippen molar-refractivity contribution in [3.63, 3.8) is 0 Å². The van der Waals surface area contributed by atoms with Gasteiger partial charge in [-0.25, -0.2) is 13.2 Å². The number of likely N-dealkylation sites (N-methyl/N-ethyl adjacent to an activating group) is 1. The van der Waals surface area contributed by atoms with Gasteiger partial charge in [-0.2, -0.15) is 4.31 Å². The number of ether oxygens (including phenoxy) is 1. The fraction of sp³-hybridized carbons (Fsp3) is 0.667. The Morgan fingerprint density at radius 1 is 1.07 bits per heavy atom. The molecule has 1 aliphatic carbocycles. The first-order chi connectivity index (χ1) is 14.3. The highest BCUT2D eigenvalue weighted by Gasteiger charge is 2.34. The van der Waals surface area contributed by atoms with Crippen molar-refractivity contribution in [3.05, 3.63) is 29.8 Å². The molecule has 1 aromatic rings. The molecule has 30 heavy (non-hydrogen) atoms. The van der Waals surface area contributed by atoms with E-state index in [0.717, 1.165) is 18.4 Å². The van der Waals surface area contributed by atoms with Crippen LogP contribution in [-0.4, -0.2) is 76.1 Å². The molecule has 0 spiro atoms. The third-order valence-corrected chi connectivity index (χ3v) is 8.21. The van der Waals surface area contributed by atoms with Crippen LogP contribution in [0.3, 0.4) is 0 Å². The average molecular weight is 439 g/mol. The fourth-order valence-electron chi connectivity index (χ4n) is 4.20. The lowest BCUT2D eigenvalue weighted by Gasteiger charge is -2.43. The highest BCUT2D eigenvalue weighted by molar-refractivity contribution is 7.89. The Morgan fingerprint density at radius 3 is 2.30 bits per heavy atom. The number of benzene rings is 1. The standard InChI is InChI=1S/C21H34N4O4S/c1-24(2)21(10-4-3-5-11-21)17-23-20(26)22-16-18-6-8-19(9-7-18)30(27,28)25-12-14-29-15-13-25/h6-9H,3-5,10-17H2,1-2H3,(H2,22,23,26). The summed E-state index contributed by atoms with van der Waals surface area (Å²) < 4.78 is 32.0. The number of hydrogen-bond donors (Lipinski definition) is 2. The summed E-state index contributed by atoms with van der Waals surface area (Å²) >= 11 is 0. The molecular weight excluding hydrogens is 404 g/mol. The molecule has 1 aromatic carbocycles. The van der Waals surface area contributed by atoms with Crippen LogP contribution in [0.1, 0.15) is 37.7 Å². The van der Waals surface area contributed by atoms with E-state index in [1.165, 1.54) is 23.6 Å². The number of rotatable bonds is 7. The van der Waals surface area contributed by atoms with E-state index in [4.69, 9.17) is 4.74 Å². The topological polar surface area (TPSA) is 91.0 Å². The molecule has 0 aromatic heterocycles. The lowest BCUT2D eigenvalue weighted by atomic mass is 9.80. The summed E-state index contributed by atoms with van der Waals surface area (Å²) in [5.74, 6) is 0. The molecule has 2 aliphatic rings. The molecular formula is C21H34N4O4S. The number of sulfonamides is 1. The first-order valence-electron chi connectivity index (χ1n) is 10.7. The smallest absolute Gasteiger partial charge is 0.315 e. The zero-order chi connectivity index (χ0) is 21.6. The van der Waals surface area contributed by atoms with Gasteiger partial charge in [-0.05, 0) is 44.6 Å². The normalized spacial score (nSPS) is 20.1. The minimum atomic E-state index is -3.50. The number of urea groups is 1. The van der Waals surface area contributed by atoms with Crippen LogP contribution in [0.15, 0.2) is 29.2 Å². The van der Waals surface area contributed by atoms with Crippen LogP contribution in [0.4, 0.5) is 4.79 Å². The van der Waals surface area contributed by atoms with E-state index in [-0.39, 0.29) is 16.5 Å². The molecule has 1 heterocycles. The Balaban J connectivity index is 1.50. The summed E-state index contributed by atoms with van der Waals surface area (Å²) in [6, 6.07) is 6.49. The van der Waals surface area contributed by atoms with Gasteiger partial charge in [0.15, 0.2) is 0 Å². The third-order valence-electron chi connectivity index (χ3n) is 6.30. The second-order valence-electron chi connectivity index (χ2n) is 8.38. The average Bonchev–Trinajstić information content (AvgIpc) is 2.77. The fourth-order valence-corrected chi connectivity index (χ4v) is 5.60. The SMILES string of the molecule is CN(C)C1(CNC(=O)NCc2ccc(S(=O)(=O)N3CCOCC3)cc2)CCCCC1. The number of nitrogens with one attached hydrogen (secondary N) is 2. The first kappa shape index (κ1) is 23.0. The van der Waals surface area contributed by atoms with Gasteiger partial charge < -0.3 is 20.3 Å². The summed E-state index contributed by atoms with van der Waals surface area (Å²) in [4.78, 5) is 14.8. The van der Waals surface area contributed by atoms with Gasteiger partial charge in [0.1, 0.15) is 0 Å². The number of hydrogen-bond acceptors (Lipinski definition) is 5. The Bertz CT molecular complexity index is 799. The van der Waals surface area contributed by atoms with Gasteiger partial charge in [0.2, 0.25) is 10.0 Å². The Labute approximate surface area is 180 Å². The first-order valence-corrected chi connectivity index (χ1v) is 12.1. The van der Waals surface area contributed by atoms with Crippen molar-refractivity contribution in [2.45, 2.75) is 49.1 Å². The molecule has 1 aliphatic heterocycles. The van der Waals surface area contributed by atoms with Crippen LogP contribution in [0.25, 0.3) is 0 Å². The molecule has 8 nitrogen and oxygen atoms in total. The molecule has 0 radical (unpaired) electrons. The second-order valence-corrected chi connectivity index (χ2v) is 10.3. The van der Waals surface area contributed by atoms with Crippen LogP contribution in [0.5, 0.6) is 0 Å². The van der Waals surface area contributed by atoms with E-state index in [0.29, 0.717) is 39.4 Å². The van der Waals surface area contributed by atoms with Crippen molar-refractivity contribution < 1.29 is 17.9 Å². The lowest BCUT2D eigenvalue weighted by Crippen LogP contribution is -2.55. The van der Waals surface area contributed by atoms with Crippen molar-refractivity contribution in [2.75, 3.05) is 46.9 Å². The lowest BCUT2D eigenvalue weighted by molar-refractivity contribution is 0.0730. The second kappa shape index (κ2) is 10.1. The largest absolute Gasteiger partial charge is 0.379 e. The monoisotopic (exact) mass is 438 g/mol. The number of nitrogens with zero attached hydrogens (tertiary/aromatic N) is 2. The van der Waals surface area contributed by atoms with Crippen LogP contribution in [0, 0.1) is 0 Å². The predicted molar refractivity (Wildman–Crippen MR) is 116 cm³/mol. The number of morpholine rings is 1. The van der Waals surface area contributed by atoms with E-state index in [1.54, 1.807) is 24.3 Å². The molecule has 0 atom stereocenters. The van der Waals surface area contributed by atoms with E-state index in [1.807, 2.05) is 0 Å². The third kappa shape index (κ3) is 5.51. The van der Waals surface area contributed by atoms with Gasteiger partial charge in [-0.15, -0.1) is 0 Å². The molecule has 1 saturated heterocycles. The predicted octanol–water partition coefficient (Wildman–Crippen LogP) is 1.77. The van der Waals surface area contributed by atoms with Crippen molar-refractivity contribution in [2.24, 2.45) is 0 Å². The summed E-state index contributed by atoms with van der Waals surface area (Å²) in [7, 11) is 0.664. The molecule has 0 bridgehead atoms. The summed E-state index contributed by atoms with van der Waals surface area (Å²) in [5.41, 5.74) is 0.886. The Hall–Kier alpha value is -1.68. The molecule has 2 N–H and O–H groups in total. The number of carbonyl (C=O) groups excluding carboxylic acids is 1. The minimum Gasteiger partial charge on any atom is -0.379 e. The molecule has 1 saturated carbocycles. The van der Waals surface area contributed by atoms with Crippen molar-refractivity contribution >= 4 is 16.1 Å². The molecule has 9 heteroatoms. The van der Waals surface area contributed by atoms with Crippen LogP contribution in [-0.2, 0) is 21.3 Å². The Morgan fingerprint density at radius 2 is 1.70 bits per heavy atom. The Kier molecular flexibility index (Phi) is 7.73. The zero-order valence-corrected chi connectivity index (χ0v) is 18.8. The van der Waals surface area contributed by atoms with Gasteiger partial charge in [-0.1, -0.05) is 31.4 Å². The van der Waals surface area contributed by atoms with E-state index in [2.05, 4.69) is 29.6 Å². The maximum atomic E-state index is 12.7. The number of carbonyl (C=O) groups is 1. The maximum absolute atomic E-state index is 12.7. The van der Waals surface area contributed by atoms with Crippen LogP contribution in [0.2, 0.25) is 0 Å². The summed E-state index contributed by atoms with van der Waals surface area (Å²) in [5, 5.41) is 5.89. The molecule has 2 fully saturated rings. The summed E-state index contributed by atoms with van der Waals surface area (Å²) in [6.07, 6.45) is 5.85.